The van der Waals surface area contributed by atoms with Gasteiger partial charge in [-0.3, -0.25) is 9.59 Å². The van der Waals surface area contributed by atoms with Crippen molar-refractivity contribution in [2.45, 2.75) is 56.0 Å². The molecule has 44 heavy (non-hydrogen) atoms. The van der Waals surface area contributed by atoms with Gasteiger partial charge in [0.2, 0.25) is 11.8 Å². The second kappa shape index (κ2) is 13.0. The molecule has 2 N–H and O–H groups in total. The van der Waals surface area contributed by atoms with E-state index in [0.29, 0.717) is 16.9 Å². The lowest BCUT2D eigenvalue weighted by Gasteiger charge is -2.53. The highest BCUT2D eigenvalue weighted by Gasteiger charge is 2.57. The number of esters is 1. The molecule has 2 fully saturated rings. The first-order valence-electron chi connectivity index (χ1n) is 14.3. The van der Waals surface area contributed by atoms with Crippen molar-refractivity contribution in [2.24, 2.45) is 0 Å². The van der Waals surface area contributed by atoms with E-state index in [-0.39, 0.29) is 0 Å². The summed E-state index contributed by atoms with van der Waals surface area (Å²) in [5.41, 5.74) is 1.89. The summed E-state index contributed by atoms with van der Waals surface area (Å²) < 4.78 is 11.4. The summed E-state index contributed by atoms with van der Waals surface area (Å²) in [6.45, 7) is 9.25. The van der Waals surface area contributed by atoms with Crippen molar-refractivity contribution in [3.05, 3.63) is 120 Å². The van der Waals surface area contributed by atoms with Crippen LogP contribution in [0.3, 0.4) is 0 Å². The summed E-state index contributed by atoms with van der Waals surface area (Å²) >= 11 is 1.41. The molecule has 0 radical (unpaired) electrons. The van der Waals surface area contributed by atoms with Crippen molar-refractivity contribution in [3.63, 3.8) is 0 Å². The normalized spacial score (nSPS) is 20.2. The van der Waals surface area contributed by atoms with Crippen molar-refractivity contribution in [1.82, 2.24) is 15.5 Å². The fourth-order valence-corrected chi connectivity index (χ4v) is 6.50. The van der Waals surface area contributed by atoms with E-state index < -0.39 is 59.1 Å². The molecule has 4 atom stereocenters. The number of carbonyl (C=O) groups is 4. The van der Waals surface area contributed by atoms with Gasteiger partial charge < -0.3 is 25.0 Å². The van der Waals surface area contributed by atoms with Crippen LogP contribution in [-0.4, -0.2) is 57.6 Å². The Morgan fingerprint density at radius 2 is 1.41 bits per heavy atom. The van der Waals surface area contributed by atoms with E-state index in [1.807, 2.05) is 60.7 Å². The number of ether oxygens (including phenoxy) is 2. The standard InChI is InChI=1S/C34H35N3O6S/c1-21-20-44-31-26(35-29(38)25(22-14-8-5-9-15-22)36-33(41)43-34(2,3)4)30(39)37(31)27(21)32(40)42-28(23-16-10-6-11-17-23)24-18-12-7-13-19-24/h5-19,25-28,31H,1,20H2,2-4H3,(H,35,38)(H,36,41)/t25?,26-,27-,31+/m1/s1. The molecule has 228 valence electrons. The molecule has 3 aromatic rings. The smallest absolute Gasteiger partial charge is 0.408 e. The lowest BCUT2D eigenvalue weighted by atomic mass is 9.97. The van der Waals surface area contributed by atoms with Crippen LogP contribution < -0.4 is 10.6 Å². The molecular weight excluding hydrogens is 578 g/mol. The van der Waals surface area contributed by atoms with Gasteiger partial charge in [-0.2, -0.15) is 0 Å². The van der Waals surface area contributed by atoms with Crippen molar-refractivity contribution in [3.8, 4) is 0 Å². The quantitative estimate of drug-likeness (QED) is 0.211. The molecule has 0 saturated carbocycles. The van der Waals surface area contributed by atoms with E-state index in [2.05, 4.69) is 17.2 Å². The molecule has 0 bridgehead atoms. The van der Waals surface area contributed by atoms with Gasteiger partial charge >= 0.3 is 12.1 Å². The van der Waals surface area contributed by atoms with Crippen molar-refractivity contribution < 1.29 is 28.7 Å². The zero-order valence-electron chi connectivity index (χ0n) is 24.8. The minimum absolute atomic E-state index is 0.403. The lowest BCUT2D eigenvalue weighted by molar-refractivity contribution is -0.165. The molecule has 9 nitrogen and oxygen atoms in total. The SMILES string of the molecule is C=C1CS[C@H]2[C@H](NC(=O)C(NC(=O)OC(C)(C)C)c3ccccc3)C(=O)N2[C@H]1C(=O)OC(c1ccccc1)c1ccccc1. The Bertz CT molecular complexity index is 1490. The lowest BCUT2D eigenvalue weighted by Crippen LogP contribution is -2.75. The van der Waals surface area contributed by atoms with Gasteiger partial charge in [0.15, 0.2) is 12.1 Å². The number of nitrogens with zero attached hydrogens (tertiary/aromatic N) is 1. The molecule has 5 rings (SSSR count). The van der Waals surface area contributed by atoms with Gasteiger partial charge in [0.1, 0.15) is 23.1 Å². The Balaban J connectivity index is 1.32. The Labute approximate surface area is 261 Å². The predicted molar refractivity (Wildman–Crippen MR) is 167 cm³/mol. The van der Waals surface area contributed by atoms with Gasteiger partial charge in [-0.1, -0.05) is 97.6 Å². The maximum absolute atomic E-state index is 13.7. The topological polar surface area (TPSA) is 114 Å². The fraction of sp³-hybridized carbons (Fsp3) is 0.294. The molecule has 3 amide bonds. The number of benzene rings is 3. The summed E-state index contributed by atoms with van der Waals surface area (Å²) in [6, 6.07) is 24.5. The van der Waals surface area contributed by atoms with Gasteiger partial charge in [-0.25, -0.2) is 9.59 Å². The first kappa shape index (κ1) is 30.9. The van der Waals surface area contributed by atoms with E-state index in [9.17, 15) is 19.2 Å². The molecule has 2 aliphatic rings. The van der Waals surface area contributed by atoms with Crippen LogP contribution in [0.5, 0.6) is 0 Å². The van der Waals surface area contributed by atoms with E-state index in [1.165, 1.54) is 16.7 Å². The van der Waals surface area contributed by atoms with Crippen LogP contribution in [0, 0.1) is 0 Å². The maximum Gasteiger partial charge on any atom is 0.408 e. The minimum Gasteiger partial charge on any atom is -0.451 e. The minimum atomic E-state index is -1.10. The highest BCUT2D eigenvalue weighted by Crippen LogP contribution is 2.41. The number of hydrogen-bond acceptors (Lipinski definition) is 7. The second-order valence-corrected chi connectivity index (χ2v) is 12.7. The van der Waals surface area contributed by atoms with Crippen molar-refractivity contribution in [1.29, 1.82) is 0 Å². The highest BCUT2D eigenvalue weighted by atomic mass is 32.2. The van der Waals surface area contributed by atoms with Gasteiger partial charge in [0.05, 0.1) is 0 Å². The summed E-state index contributed by atoms with van der Waals surface area (Å²) in [4.78, 5) is 54.8. The number of nitrogens with one attached hydrogen (secondary N) is 2. The van der Waals surface area contributed by atoms with Crippen LogP contribution in [0.4, 0.5) is 4.79 Å². The Morgan fingerprint density at radius 1 is 0.886 bits per heavy atom. The van der Waals surface area contributed by atoms with Crippen LogP contribution in [0.1, 0.15) is 49.6 Å². The number of amides is 3. The second-order valence-electron chi connectivity index (χ2n) is 11.6. The predicted octanol–water partition coefficient (Wildman–Crippen LogP) is 4.91. The van der Waals surface area contributed by atoms with Gasteiger partial charge in [-0.15, -0.1) is 11.8 Å². The summed E-state index contributed by atoms with van der Waals surface area (Å²) in [7, 11) is 0. The van der Waals surface area contributed by atoms with E-state index in [1.54, 1.807) is 51.1 Å². The monoisotopic (exact) mass is 613 g/mol. The molecule has 0 spiro atoms. The third kappa shape index (κ3) is 6.81. The third-order valence-corrected chi connectivity index (χ3v) is 8.58. The number of carbonyl (C=O) groups excluding carboxylic acids is 4. The van der Waals surface area contributed by atoms with Gasteiger partial charge in [0.25, 0.3) is 0 Å². The zero-order valence-corrected chi connectivity index (χ0v) is 25.6. The zero-order chi connectivity index (χ0) is 31.4. The average molecular weight is 614 g/mol. The molecule has 2 saturated heterocycles. The average Bonchev–Trinajstić information content (AvgIpc) is 3.01. The molecule has 0 aromatic heterocycles. The first-order valence-corrected chi connectivity index (χ1v) is 15.3. The first-order chi connectivity index (χ1) is 21.0. The van der Waals surface area contributed by atoms with E-state index >= 15 is 0 Å². The molecule has 10 heteroatoms. The van der Waals surface area contributed by atoms with Crippen molar-refractivity contribution in [2.75, 3.05) is 5.75 Å². The maximum atomic E-state index is 13.7. The molecular formula is C34H35N3O6S. The number of fused-ring (bicyclic) bond motifs is 1. The molecule has 2 heterocycles. The van der Waals surface area contributed by atoms with Gasteiger partial charge in [0, 0.05) is 5.75 Å². The number of rotatable bonds is 8. The molecule has 3 aromatic carbocycles. The Hall–Kier alpha value is -4.57. The van der Waals surface area contributed by atoms with Crippen LogP contribution >= 0.6 is 11.8 Å². The Kier molecular flexibility index (Phi) is 9.10. The van der Waals surface area contributed by atoms with Crippen LogP contribution in [0.15, 0.2) is 103 Å². The number of hydrogen-bond donors (Lipinski definition) is 2. The van der Waals surface area contributed by atoms with Crippen LogP contribution in [0.25, 0.3) is 0 Å². The molecule has 2 aliphatic heterocycles. The number of β-lactam (4-membered cyclic amide) rings is 1. The summed E-state index contributed by atoms with van der Waals surface area (Å²) in [5, 5.41) is 4.91. The third-order valence-electron chi connectivity index (χ3n) is 7.20. The Morgan fingerprint density at radius 3 is 1.93 bits per heavy atom. The van der Waals surface area contributed by atoms with Crippen LogP contribution in [0.2, 0.25) is 0 Å². The largest absolute Gasteiger partial charge is 0.451 e. The highest BCUT2D eigenvalue weighted by molar-refractivity contribution is 8.00. The summed E-state index contributed by atoms with van der Waals surface area (Å²) in [6.07, 6.45) is -1.44. The van der Waals surface area contributed by atoms with Gasteiger partial charge in [-0.05, 0) is 43.0 Å². The van der Waals surface area contributed by atoms with Crippen LogP contribution in [-0.2, 0) is 23.9 Å². The molecule has 1 unspecified atom stereocenters. The molecule has 0 aliphatic carbocycles. The fourth-order valence-electron chi connectivity index (χ4n) is 5.19. The van der Waals surface area contributed by atoms with E-state index in [4.69, 9.17) is 9.47 Å². The van der Waals surface area contributed by atoms with Crippen molar-refractivity contribution >= 4 is 35.6 Å². The summed E-state index contributed by atoms with van der Waals surface area (Å²) in [5.74, 6) is -1.19. The number of thioether (sulfide) groups is 1. The van der Waals surface area contributed by atoms with E-state index in [0.717, 1.165) is 11.1 Å². The number of alkyl carbamates (subject to hydrolysis) is 1.